The Morgan fingerprint density at radius 3 is 2.70 bits per heavy atom. The standard InChI is InChI=1S/C19H21NO6S/c1-11(2)26-19(23)16-12-6-3-4-8-14(12)27-17(16)20-15(21)10-25-18(22)13-7-5-9-24-13/h5,7,9,11H,3-4,6,8,10H2,1-2H3,(H,20,21). The van der Waals surface area contributed by atoms with Crippen LogP contribution in [0.5, 0.6) is 0 Å². The lowest BCUT2D eigenvalue weighted by atomic mass is 9.95. The first-order valence-corrected chi connectivity index (χ1v) is 9.63. The number of thiophene rings is 1. The molecule has 27 heavy (non-hydrogen) atoms. The molecule has 1 aliphatic rings. The second-order valence-electron chi connectivity index (χ2n) is 6.47. The van der Waals surface area contributed by atoms with E-state index in [1.165, 1.54) is 23.7 Å². The Balaban J connectivity index is 1.71. The van der Waals surface area contributed by atoms with Gasteiger partial charge in [0, 0.05) is 4.88 Å². The molecule has 0 spiro atoms. The van der Waals surface area contributed by atoms with Gasteiger partial charge in [0.25, 0.3) is 5.91 Å². The number of rotatable bonds is 6. The average molecular weight is 391 g/mol. The van der Waals surface area contributed by atoms with Crippen LogP contribution in [0.4, 0.5) is 5.00 Å². The van der Waals surface area contributed by atoms with Crippen molar-refractivity contribution in [3.63, 3.8) is 0 Å². The molecule has 0 radical (unpaired) electrons. The fourth-order valence-electron chi connectivity index (χ4n) is 2.90. The summed E-state index contributed by atoms with van der Waals surface area (Å²) in [6.07, 6.45) is 4.82. The average Bonchev–Trinajstić information content (AvgIpc) is 3.26. The summed E-state index contributed by atoms with van der Waals surface area (Å²) < 4.78 is 15.2. The van der Waals surface area contributed by atoms with Crippen molar-refractivity contribution in [3.05, 3.63) is 40.2 Å². The van der Waals surface area contributed by atoms with E-state index in [0.717, 1.165) is 36.1 Å². The van der Waals surface area contributed by atoms with Crippen LogP contribution in [0.2, 0.25) is 0 Å². The predicted octanol–water partition coefficient (Wildman–Crippen LogP) is 3.58. The number of carbonyl (C=O) groups excluding carboxylic acids is 3. The van der Waals surface area contributed by atoms with Gasteiger partial charge in [-0.15, -0.1) is 11.3 Å². The molecule has 1 aliphatic carbocycles. The SMILES string of the molecule is CC(C)OC(=O)c1c(NC(=O)COC(=O)c2ccco2)sc2c1CCCC2. The molecule has 3 rings (SSSR count). The third-order valence-corrected chi connectivity index (χ3v) is 5.24. The van der Waals surface area contributed by atoms with Crippen molar-refractivity contribution >= 4 is 34.2 Å². The fraction of sp³-hybridized carbons (Fsp3) is 0.421. The molecule has 7 nitrogen and oxygen atoms in total. The molecule has 0 saturated carbocycles. The highest BCUT2D eigenvalue weighted by Crippen LogP contribution is 2.38. The summed E-state index contributed by atoms with van der Waals surface area (Å²) >= 11 is 1.39. The summed E-state index contributed by atoms with van der Waals surface area (Å²) in [5.41, 5.74) is 1.38. The minimum Gasteiger partial charge on any atom is -0.459 e. The lowest BCUT2D eigenvalue weighted by molar-refractivity contribution is -0.119. The first-order valence-electron chi connectivity index (χ1n) is 8.81. The smallest absolute Gasteiger partial charge is 0.374 e. The van der Waals surface area contributed by atoms with Crippen LogP contribution in [0.3, 0.4) is 0 Å². The van der Waals surface area contributed by atoms with Crippen molar-refractivity contribution in [1.29, 1.82) is 0 Å². The molecular weight excluding hydrogens is 370 g/mol. The molecule has 1 N–H and O–H groups in total. The van der Waals surface area contributed by atoms with E-state index in [9.17, 15) is 14.4 Å². The molecule has 0 saturated heterocycles. The van der Waals surface area contributed by atoms with E-state index in [4.69, 9.17) is 13.9 Å². The minimum absolute atomic E-state index is 0.0237. The number of ether oxygens (including phenoxy) is 2. The van der Waals surface area contributed by atoms with Gasteiger partial charge >= 0.3 is 11.9 Å². The molecule has 0 atom stereocenters. The highest BCUT2D eigenvalue weighted by atomic mass is 32.1. The summed E-state index contributed by atoms with van der Waals surface area (Å²) in [6, 6.07) is 3.01. The second kappa shape index (κ2) is 8.39. The van der Waals surface area contributed by atoms with Gasteiger partial charge in [0.15, 0.2) is 6.61 Å². The lowest BCUT2D eigenvalue weighted by Crippen LogP contribution is -2.22. The van der Waals surface area contributed by atoms with Gasteiger partial charge in [-0.2, -0.15) is 0 Å². The number of anilines is 1. The number of hydrogen-bond acceptors (Lipinski definition) is 7. The van der Waals surface area contributed by atoms with Crippen LogP contribution in [-0.4, -0.2) is 30.6 Å². The number of amides is 1. The van der Waals surface area contributed by atoms with Crippen LogP contribution < -0.4 is 5.32 Å². The molecule has 2 aromatic heterocycles. The summed E-state index contributed by atoms with van der Waals surface area (Å²) in [4.78, 5) is 37.6. The molecule has 2 heterocycles. The first kappa shape index (κ1) is 19.2. The van der Waals surface area contributed by atoms with E-state index in [0.29, 0.717) is 10.6 Å². The van der Waals surface area contributed by atoms with Crippen LogP contribution in [0.25, 0.3) is 0 Å². The van der Waals surface area contributed by atoms with Gasteiger partial charge in [-0.3, -0.25) is 4.79 Å². The maximum atomic E-state index is 12.5. The van der Waals surface area contributed by atoms with Crippen LogP contribution in [-0.2, 0) is 27.1 Å². The van der Waals surface area contributed by atoms with Crippen LogP contribution >= 0.6 is 11.3 Å². The van der Waals surface area contributed by atoms with Gasteiger partial charge < -0.3 is 19.2 Å². The normalized spacial score (nSPS) is 13.1. The zero-order valence-corrected chi connectivity index (χ0v) is 16.0. The number of fused-ring (bicyclic) bond motifs is 1. The maximum Gasteiger partial charge on any atom is 0.374 e. The molecule has 8 heteroatoms. The van der Waals surface area contributed by atoms with Gasteiger partial charge in [-0.25, -0.2) is 9.59 Å². The van der Waals surface area contributed by atoms with Crippen molar-refractivity contribution in [2.75, 3.05) is 11.9 Å². The summed E-state index contributed by atoms with van der Waals surface area (Å²) in [5.74, 6) is -1.66. The minimum atomic E-state index is -0.722. The molecule has 2 aromatic rings. The highest BCUT2D eigenvalue weighted by molar-refractivity contribution is 7.17. The summed E-state index contributed by atoms with van der Waals surface area (Å²) in [6.45, 7) is 3.09. The molecule has 0 aliphatic heterocycles. The van der Waals surface area contributed by atoms with Crippen molar-refractivity contribution < 1.29 is 28.3 Å². The first-order chi connectivity index (χ1) is 13.0. The van der Waals surface area contributed by atoms with E-state index in [-0.39, 0.29) is 11.9 Å². The van der Waals surface area contributed by atoms with Crippen LogP contribution in [0.1, 0.15) is 58.0 Å². The van der Waals surface area contributed by atoms with Crippen LogP contribution in [0.15, 0.2) is 22.8 Å². The van der Waals surface area contributed by atoms with E-state index in [2.05, 4.69) is 5.32 Å². The Bertz CT molecular complexity index is 837. The van der Waals surface area contributed by atoms with Crippen molar-refractivity contribution in [2.45, 2.75) is 45.6 Å². The zero-order valence-electron chi connectivity index (χ0n) is 15.2. The van der Waals surface area contributed by atoms with E-state index < -0.39 is 24.5 Å². The lowest BCUT2D eigenvalue weighted by Gasteiger charge is -2.14. The van der Waals surface area contributed by atoms with Gasteiger partial charge in [0.05, 0.1) is 17.9 Å². The third kappa shape index (κ3) is 4.57. The second-order valence-corrected chi connectivity index (χ2v) is 7.58. The number of hydrogen-bond donors (Lipinski definition) is 1. The number of carbonyl (C=O) groups is 3. The quantitative estimate of drug-likeness (QED) is 0.757. The Labute approximate surface area is 160 Å². The van der Waals surface area contributed by atoms with Crippen molar-refractivity contribution in [3.8, 4) is 0 Å². The van der Waals surface area contributed by atoms with Gasteiger partial charge in [-0.1, -0.05) is 0 Å². The highest BCUT2D eigenvalue weighted by Gasteiger charge is 2.28. The fourth-order valence-corrected chi connectivity index (χ4v) is 4.20. The third-order valence-electron chi connectivity index (χ3n) is 4.03. The zero-order chi connectivity index (χ0) is 19.4. The summed E-state index contributed by atoms with van der Waals surface area (Å²) in [5, 5.41) is 3.14. The molecule has 1 amide bonds. The molecule has 0 unspecified atom stereocenters. The summed E-state index contributed by atoms with van der Waals surface area (Å²) in [7, 11) is 0. The Kier molecular flexibility index (Phi) is 5.95. The number of nitrogens with one attached hydrogen (secondary N) is 1. The van der Waals surface area contributed by atoms with Gasteiger partial charge in [-0.05, 0) is 57.2 Å². The molecule has 0 aromatic carbocycles. The number of aryl methyl sites for hydroxylation is 1. The molecule has 144 valence electrons. The van der Waals surface area contributed by atoms with Crippen molar-refractivity contribution in [1.82, 2.24) is 0 Å². The Hall–Kier alpha value is -2.61. The number of esters is 2. The van der Waals surface area contributed by atoms with E-state index in [1.807, 2.05) is 0 Å². The van der Waals surface area contributed by atoms with Crippen LogP contribution in [0, 0.1) is 0 Å². The largest absolute Gasteiger partial charge is 0.459 e. The van der Waals surface area contributed by atoms with E-state index in [1.54, 1.807) is 19.9 Å². The van der Waals surface area contributed by atoms with E-state index >= 15 is 0 Å². The molecule has 0 bridgehead atoms. The Morgan fingerprint density at radius 1 is 1.22 bits per heavy atom. The monoisotopic (exact) mass is 391 g/mol. The topological polar surface area (TPSA) is 94.8 Å². The maximum absolute atomic E-state index is 12.5. The number of furan rings is 1. The molecular formula is C19H21NO6S. The Morgan fingerprint density at radius 2 is 2.00 bits per heavy atom. The van der Waals surface area contributed by atoms with Crippen molar-refractivity contribution in [2.24, 2.45) is 0 Å². The van der Waals surface area contributed by atoms with Gasteiger partial charge in [0.2, 0.25) is 5.76 Å². The molecule has 0 fully saturated rings. The predicted molar refractivity (Wildman–Crippen MR) is 99.1 cm³/mol. The van der Waals surface area contributed by atoms with Gasteiger partial charge in [0.1, 0.15) is 5.00 Å².